The van der Waals surface area contributed by atoms with Gasteiger partial charge in [-0.3, -0.25) is 4.90 Å². The zero-order valence-electron chi connectivity index (χ0n) is 20.8. The van der Waals surface area contributed by atoms with Crippen LogP contribution in [0.5, 0.6) is 0 Å². The number of nitrogens with two attached hydrogens (primary N) is 1. The van der Waals surface area contributed by atoms with Crippen molar-refractivity contribution >= 4 is 0 Å². The molecule has 4 N–H and O–H groups in total. The predicted molar refractivity (Wildman–Crippen MR) is 130 cm³/mol. The van der Waals surface area contributed by atoms with Gasteiger partial charge in [0.05, 0.1) is 17.5 Å². The van der Waals surface area contributed by atoms with Crippen LogP contribution in [0.1, 0.15) is 89.5 Å². The molecule has 1 aromatic heterocycles. The van der Waals surface area contributed by atoms with Crippen LogP contribution < -0.4 is 11.4 Å². The van der Waals surface area contributed by atoms with Crippen LogP contribution in [-0.2, 0) is 0 Å². The van der Waals surface area contributed by atoms with E-state index in [1.807, 2.05) is 6.07 Å². The van der Waals surface area contributed by atoms with Gasteiger partial charge in [-0.05, 0) is 99.0 Å². The van der Waals surface area contributed by atoms with Gasteiger partial charge in [-0.15, -0.1) is 0 Å². The zero-order chi connectivity index (χ0) is 23.9. The van der Waals surface area contributed by atoms with Crippen molar-refractivity contribution in [2.45, 2.75) is 107 Å². The van der Waals surface area contributed by atoms with Crippen LogP contribution in [0, 0.1) is 22.7 Å². The lowest BCUT2D eigenvalue weighted by Crippen LogP contribution is -2.67. The average Bonchev–Trinajstić information content (AvgIpc) is 3.35. The first-order chi connectivity index (χ1) is 16.1. The highest BCUT2D eigenvalue weighted by Crippen LogP contribution is 2.71. The van der Waals surface area contributed by atoms with Crippen molar-refractivity contribution in [2.24, 2.45) is 28.4 Å². The molecule has 34 heavy (non-hydrogen) atoms. The monoisotopic (exact) mass is 470 g/mol. The lowest BCUT2D eigenvalue weighted by Gasteiger charge is -2.66. The van der Waals surface area contributed by atoms with Crippen molar-refractivity contribution in [2.75, 3.05) is 13.1 Å². The van der Waals surface area contributed by atoms with E-state index in [4.69, 9.17) is 10.2 Å². The topological polar surface area (TPSA) is 99.9 Å². The van der Waals surface area contributed by atoms with E-state index in [1.54, 1.807) is 6.26 Å². The van der Waals surface area contributed by atoms with Gasteiger partial charge in [0.25, 0.3) is 0 Å². The van der Waals surface area contributed by atoms with Gasteiger partial charge in [0.2, 0.25) is 0 Å². The van der Waals surface area contributed by atoms with Gasteiger partial charge >= 0.3 is 5.63 Å². The normalized spacial score (nSPS) is 51.0. The Morgan fingerprint density at radius 3 is 2.44 bits per heavy atom. The third-order valence-electron chi connectivity index (χ3n) is 11.9. The van der Waals surface area contributed by atoms with Crippen LogP contribution in [0.2, 0.25) is 0 Å². The molecule has 6 rings (SSSR count). The molecule has 6 nitrogen and oxygen atoms in total. The Bertz CT molecular complexity index is 992. The summed E-state index contributed by atoms with van der Waals surface area (Å²) in [4.78, 5) is 14.1. The molecule has 5 aliphatic rings. The second-order valence-corrected chi connectivity index (χ2v) is 13.0. The second-order valence-electron chi connectivity index (χ2n) is 13.0. The molecule has 4 aliphatic carbocycles. The molecule has 5 fully saturated rings. The molecule has 1 saturated heterocycles. The first-order valence-electron chi connectivity index (χ1n) is 13.6. The molecule has 6 heteroatoms. The highest BCUT2D eigenvalue weighted by Gasteiger charge is 2.70. The number of fused-ring (bicyclic) bond motifs is 5. The van der Waals surface area contributed by atoms with Crippen molar-refractivity contribution in [1.82, 2.24) is 4.90 Å². The number of aliphatic hydroxyl groups is 2. The minimum Gasteiger partial charge on any atom is -0.431 e. The van der Waals surface area contributed by atoms with E-state index in [2.05, 4.69) is 18.7 Å². The largest absolute Gasteiger partial charge is 0.431 e. The second kappa shape index (κ2) is 7.64. The summed E-state index contributed by atoms with van der Waals surface area (Å²) in [5.41, 5.74) is 5.13. The summed E-state index contributed by atoms with van der Waals surface area (Å²) in [6, 6.07) is 4.11. The fraction of sp³-hybridized carbons (Fsp3) is 0.821. The highest BCUT2D eigenvalue weighted by molar-refractivity contribution is 5.28. The average molecular weight is 471 g/mol. The van der Waals surface area contributed by atoms with Crippen LogP contribution >= 0.6 is 0 Å². The lowest BCUT2D eigenvalue weighted by molar-refractivity contribution is -0.250. The fourth-order valence-corrected chi connectivity index (χ4v) is 9.76. The summed E-state index contributed by atoms with van der Waals surface area (Å²) in [7, 11) is 0. The molecule has 0 spiro atoms. The Hall–Kier alpha value is -1.21. The van der Waals surface area contributed by atoms with Crippen molar-refractivity contribution in [1.29, 1.82) is 0 Å². The van der Waals surface area contributed by atoms with Crippen LogP contribution in [-0.4, -0.2) is 51.5 Å². The number of likely N-dealkylation sites (tertiary alicyclic amines) is 1. The van der Waals surface area contributed by atoms with E-state index >= 15 is 0 Å². The lowest BCUT2D eigenvalue weighted by atomic mass is 9.41. The molecule has 2 heterocycles. The SMILES string of the molecule is C[C@]12CC[C@H](N3CC[C@H](N)C3)C[C@@]1(O)CC[C@@H]1[C@@H]2CC[C@]2(C)[C@@H](c3ccc(=O)oc3)CC[C@]12O. The minimum absolute atomic E-state index is 0.150. The van der Waals surface area contributed by atoms with E-state index in [-0.39, 0.29) is 34.3 Å². The Morgan fingerprint density at radius 2 is 1.74 bits per heavy atom. The zero-order valence-corrected chi connectivity index (χ0v) is 20.8. The number of nitrogens with zero attached hydrogens (tertiary/aromatic N) is 1. The molecule has 0 radical (unpaired) electrons. The summed E-state index contributed by atoms with van der Waals surface area (Å²) < 4.78 is 5.21. The predicted octanol–water partition coefficient (Wildman–Crippen LogP) is 3.40. The molecule has 1 aromatic rings. The maximum atomic E-state index is 12.4. The molecule has 0 amide bonds. The van der Waals surface area contributed by atoms with E-state index in [1.165, 1.54) is 6.07 Å². The molecule has 0 bridgehead atoms. The van der Waals surface area contributed by atoms with Crippen LogP contribution in [0.3, 0.4) is 0 Å². The van der Waals surface area contributed by atoms with Crippen molar-refractivity contribution in [3.63, 3.8) is 0 Å². The Balaban J connectivity index is 1.27. The number of hydrogen-bond donors (Lipinski definition) is 3. The highest BCUT2D eigenvalue weighted by atomic mass is 16.4. The number of hydrogen-bond acceptors (Lipinski definition) is 6. The Kier molecular flexibility index (Phi) is 5.22. The number of rotatable bonds is 2. The van der Waals surface area contributed by atoms with E-state index in [0.29, 0.717) is 12.0 Å². The van der Waals surface area contributed by atoms with Gasteiger partial charge in [0.15, 0.2) is 0 Å². The minimum atomic E-state index is -0.736. The standard InChI is InChI=1S/C28H42N2O4/c1-25-10-5-20(30-14-9-19(29)16-30)15-27(25,32)12-7-23-22(25)6-11-26(2)21(8-13-28(23,26)33)18-3-4-24(31)34-17-18/h3-4,17,19-23,32-33H,5-16,29H2,1-2H3/t19-,20-,21+,22-,23+,25+,26+,27-,28-/m0/s1. The van der Waals surface area contributed by atoms with E-state index in [9.17, 15) is 15.0 Å². The quantitative estimate of drug-likeness (QED) is 0.613. The molecular formula is C28H42N2O4. The maximum absolute atomic E-state index is 12.4. The van der Waals surface area contributed by atoms with Crippen LogP contribution in [0.15, 0.2) is 27.6 Å². The summed E-state index contributed by atoms with van der Waals surface area (Å²) >= 11 is 0. The van der Waals surface area contributed by atoms with E-state index in [0.717, 1.165) is 82.9 Å². The van der Waals surface area contributed by atoms with Crippen molar-refractivity contribution < 1.29 is 14.6 Å². The molecule has 188 valence electrons. The summed E-state index contributed by atoms with van der Waals surface area (Å²) in [6.07, 6.45) is 11.1. The van der Waals surface area contributed by atoms with Gasteiger partial charge in [-0.25, -0.2) is 4.79 Å². The summed E-state index contributed by atoms with van der Waals surface area (Å²) in [5.74, 6) is 0.763. The van der Waals surface area contributed by atoms with Crippen molar-refractivity contribution in [3.05, 3.63) is 34.4 Å². The summed E-state index contributed by atoms with van der Waals surface area (Å²) in [6.45, 7) is 6.62. The van der Waals surface area contributed by atoms with Gasteiger partial charge in [-0.2, -0.15) is 0 Å². The van der Waals surface area contributed by atoms with Crippen LogP contribution in [0.4, 0.5) is 0 Å². The molecule has 0 aromatic carbocycles. The van der Waals surface area contributed by atoms with Gasteiger partial charge in [-0.1, -0.05) is 13.8 Å². The van der Waals surface area contributed by atoms with Crippen molar-refractivity contribution in [3.8, 4) is 0 Å². The van der Waals surface area contributed by atoms with Gasteiger partial charge < -0.3 is 20.4 Å². The molecule has 9 atom stereocenters. The Labute approximate surface area is 202 Å². The first-order valence-corrected chi connectivity index (χ1v) is 13.6. The fourth-order valence-electron chi connectivity index (χ4n) is 9.76. The molecular weight excluding hydrogens is 428 g/mol. The van der Waals surface area contributed by atoms with Gasteiger partial charge in [0, 0.05) is 36.7 Å². The third-order valence-corrected chi connectivity index (χ3v) is 11.9. The third kappa shape index (κ3) is 3.04. The molecule has 4 saturated carbocycles. The smallest absolute Gasteiger partial charge is 0.335 e. The first kappa shape index (κ1) is 23.2. The van der Waals surface area contributed by atoms with Gasteiger partial charge in [0.1, 0.15) is 0 Å². The maximum Gasteiger partial charge on any atom is 0.335 e. The Morgan fingerprint density at radius 1 is 0.971 bits per heavy atom. The summed E-state index contributed by atoms with van der Waals surface area (Å²) in [5, 5.41) is 24.5. The molecule has 0 unspecified atom stereocenters. The van der Waals surface area contributed by atoms with Crippen LogP contribution in [0.25, 0.3) is 0 Å². The van der Waals surface area contributed by atoms with E-state index < -0.39 is 11.2 Å². The molecule has 1 aliphatic heterocycles.